The van der Waals surface area contributed by atoms with Crippen LogP contribution in [0.25, 0.3) is 49.9 Å². The number of hydrogen-bond acceptors (Lipinski definition) is 8. The maximum absolute atomic E-state index is 6.40. The summed E-state index contributed by atoms with van der Waals surface area (Å²) in [5.41, 5.74) is 13.0. The fourth-order valence-electron chi connectivity index (χ4n) is 4.47. The second-order valence-corrected chi connectivity index (χ2v) is 9.75. The molecule has 0 aliphatic carbocycles. The number of nitrogen functional groups attached to an aromatic ring is 1. The monoisotopic (exact) mass is 517 g/mol. The smallest absolute Gasteiger partial charge is 0.322 e. The van der Waals surface area contributed by atoms with Crippen LogP contribution in [-0.4, -0.2) is 29.5 Å². The lowest BCUT2D eigenvalue weighted by molar-refractivity contribution is 0.440. The van der Waals surface area contributed by atoms with E-state index in [1.807, 2.05) is 50.5 Å². The number of thiazole rings is 1. The number of anilines is 1. The number of hydrogen-bond donors (Lipinski definition) is 1. The van der Waals surface area contributed by atoms with Crippen LogP contribution in [0.1, 0.15) is 10.7 Å². The molecule has 0 atom stereocenters. The Morgan fingerprint density at radius 1 is 0.921 bits per heavy atom. The van der Waals surface area contributed by atoms with Gasteiger partial charge in [-0.3, -0.25) is 0 Å². The van der Waals surface area contributed by atoms with E-state index in [4.69, 9.17) is 10.5 Å². The standard InChI is InChI=1S/C29H23N7OS/c1-4-23-32-15-22(38-23)18-5-7-20(8-6-18)26-24(25-27(30)33-16-34-28(25)36(26)3)19-9-11-21(12-10-19)37-29-31-14-13-17(2)35-29/h4-16H,1H2,2-3H3,(H2,30,33,34). The predicted molar refractivity (Wildman–Crippen MR) is 152 cm³/mol. The molecule has 2 N–H and O–H groups in total. The van der Waals surface area contributed by atoms with Gasteiger partial charge in [0, 0.05) is 30.7 Å². The summed E-state index contributed by atoms with van der Waals surface area (Å²) in [6.07, 6.45) is 6.81. The summed E-state index contributed by atoms with van der Waals surface area (Å²) < 4.78 is 7.92. The molecule has 8 nitrogen and oxygen atoms in total. The van der Waals surface area contributed by atoms with E-state index >= 15 is 0 Å². The highest BCUT2D eigenvalue weighted by Gasteiger charge is 2.22. The van der Waals surface area contributed by atoms with Gasteiger partial charge in [0.05, 0.1) is 16.0 Å². The predicted octanol–water partition coefficient (Wildman–Crippen LogP) is 6.54. The summed E-state index contributed by atoms with van der Waals surface area (Å²) in [6, 6.07) is 18.3. The summed E-state index contributed by atoms with van der Waals surface area (Å²) in [7, 11) is 1.99. The number of ether oxygens (including phenoxy) is 1. The van der Waals surface area contributed by atoms with Crippen molar-refractivity contribution in [1.29, 1.82) is 0 Å². The van der Waals surface area contributed by atoms with Crippen LogP contribution in [-0.2, 0) is 7.05 Å². The van der Waals surface area contributed by atoms with Gasteiger partial charge in [0.1, 0.15) is 28.5 Å². The third-order valence-corrected chi connectivity index (χ3v) is 7.30. The molecule has 0 saturated heterocycles. The molecule has 0 amide bonds. The Morgan fingerprint density at radius 2 is 1.66 bits per heavy atom. The van der Waals surface area contributed by atoms with Gasteiger partial charge in [-0.2, -0.15) is 0 Å². The number of rotatable bonds is 6. The Bertz CT molecular complexity index is 1790. The third kappa shape index (κ3) is 4.18. The first-order chi connectivity index (χ1) is 18.5. The van der Waals surface area contributed by atoms with Crippen LogP contribution < -0.4 is 10.5 Å². The molecular weight excluding hydrogens is 494 g/mol. The Balaban J connectivity index is 1.44. The molecule has 2 aromatic carbocycles. The van der Waals surface area contributed by atoms with Crippen molar-refractivity contribution in [3.8, 4) is 44.6 Å². The van der Waals surface area contributed by atoms with Crippen molar-refractivity contribution in [3.63, 3.8) is 0 Å². The fourth-order valence-corrected chi connectivity index (χ4v) is 5.25. The van der Waals surface area contributed by atoms with Crippen molar-refractivity contribution in [2.24, 2.45) is 7.05 Å². The van der Waals surface area contributed by atoms with Gasteiger partial charge < -0.3 is 15.0 Å². The number of nitrogens with two attached hydrogens (primary N) is 1. The Hall–Kier alpha value is -4.89. The maximum Gasteiger partial charge on any atom is 0.322 e. The van der Waals surface area contributed by atoms with Crippen LogP contribution in [0.4, 0.5) is 5.82 Å². The average molecular weight is 518 g/mol. The Morgan fingerprint density at radius 3 is 2.37 bits per heavy atom. The minimum absolute atomic E-state index is 0.308. The third-order valence-electron chi connectivity index (χ3n) is 6.26. The molecule has 6 rings (SSSR count). The normalized spacial score (nSPS) is 11.1. The summed E-state index contributed by atoms with van der Waals surface area (Å²) in [6.45, 7) is 5.70. The zero-order valence-electron chi connectivity index (χ0n) is 20.8. The zero-order valence-corrected chi connectivity index (χ0v) is 21.6. The van der Waals surface area contributed by atoms with Crippen molar-refractivity contribution in [2.45, 2.75) is 6.92 Å². The van der Waals surface area contributed by atoms with E-state index in [-0.39, 0.29) is 0 Å². The van der Waals surface area contributed by atoms with Crippen molar-refractivity contribution in [1.82, 2.24) is 29.5 Å². The van der Waals surface area contributed by atoms with Gasteiger partial charge in [0.25, 0.3) is 0 Å². The first-order valence-corrected chi connectivity index (χ1v) is 12.7. The zero-order chi connectivity index (χ0) is 26.2. The van der Waals surface area contributed by atoms with Crippen LogP contribution >= 0.6 is 11.3 Å². The molecule has 186 valence electrons. The van der Waals surface area contributed by atoms with Crippen LogP contribution in [0, 0.1) is 6.92 Å². The molecule has 0 saturated carbocycles. The van der Waals surface area contributed by atoms with Gasteiger partial charge in [-0.25, -0.2) is 24.9 Å². The van der Waals surface area contributed by atoms with Crippen molar-refractivity contribution < 1.29 is 4.74 Å². The molecule has 6 aromatic rings. The van der Waals surface area contributed by atoms with Gasteiger partial charge >= 0.3 is 6.01 Å². The lowest BCUT2D eigenvalue weighted by Crippen LogP contribution is -1.95. The number of aromatic nitrogens is 6. The minimum Gasteiger partial charge on any atom is -0.424 e. The van der Waals surface area contributed by atoms with Crippen LogP contribution in [0.3, 0.4) is 0 Å². The topological polar surface area (TPSA) is 105 Å². The van der Waals surface area contributed by atoms with Crippen molar-refractivity contribution in [3.05, 3.63) is 90.6 Å². The highest BCUT2D eigenvalue weighted by atomic mass is 32.1. The Labute approximate surface area is 223 Å². The number of nitrogens with zero attached hydrogens (tertiary/aromatic N) is 6. The highest BCUT2D eigenvalue weighted by Crippen LogP contribution is 2.42. The van der Waals surface area contributed by atoms with Crippen LogP contribution in [0.5, 0.6) is 11.8 Å². The molecule has 0 spiro atoms. The molecule has 9 heteroatoms. The number of benzene rings is 2. The van der Waals surface area contributed by atoms with Crippen molar-refractivity contribution >= 4 is 34.3 Å². The minimum atomic E-state index is 0.308. The lowest BCUT2D eigenvalue weighted by Gasteiger charge is -2.10. The first-order valence-electron chi connectivity index (χ1n) is 11.9. The molecule has 38 heavy (non-hydrogen) atoms. The lowest BCUT2D eigenvalue weighted by atomic mass is 9.98. The molecule has 4 heterocycles. The Kier molecular flexibility index (Phi) is 5.89. The molecular formula is C29H23N7OS. The van der Waals surface area contributed by atoms with E-state index in [9.17, 15) is 0 Å². The second kappa shape index (κ2) is 9.53. The van der Waals surface area contributed by atoms with Gasteiger partial charge in [-0.15, -0.1) is 11.3 Å². The van der Waals surface area contributed by atoms with E-state index in [1.165, 1.54) is 6.33 Å². The van der Waals surface area contributed by atoms with E-state index in [1.54, 1.807) is 23.6 Å². The van der Waals surface area contributed by atoms with Gasteiger partial charge in [-0.1, -0.05) is 43.0 Å². The van der Waals surface area contributed by atoms with Gasteiger partial charge in [0.2, 0.25) is 0 Å². The molecule has 0 aliphatic rings. The molecule has 0 aliphatic heterocycles. The number of aryl methyl sites for hydroxylation is 2. The highest BCUT2D eigenvalue weighted by molar-refractivity contribution is 7.15. The van der Waals surface area contributed by atoms with Gasteiger partial charge in [0.15, 0.2) is 0 Å². The molecule has 0 fully saturated rings. The summed E-state index contributed by atoms with van der Waals surface area (Å²) in [5.74, 6) is 1.07. The summed E-state index contributed by atoms with van der Waals surface area (Å²) in [4.78, 5) is 22.8. The SMILES string of the molecule is C=Cc1ncc(-c2ccc(-c3c(-c4ccc(Oc5nccc(C)n5)cc4)c4c(N)ncnc4n3C)cc2)s1. The molecule has 0 bridgehead atoms. The average Bonchev–Trinajstić information content (AvgIpc) is 3.53. The van der Waals surface area contributed by atoms with E-state index in [0.29, 0.717) is 17.6 Å². The van der Waals surface area contributed by atoms with Crippen LogP contribution in [0.2, 0.25) is 0 Å². The summed E-state index contributed by atoms with van der Waals surface area (Å²) >= 11 is 1.61. The van der Waals surface area contributed by atoms with Crippen LogP contribution in [0.15, 0.2) is 79.9 Å². The van der Waals surface area contributed by atoms with E-state index < -0.39 is 0 Å². The number of fused-ring (bicyclic) bond motifs is 1. The van der Waals surface area contributed by atoms with Gasteiger partial charge in [-0.05, 0) is 47.9 Å². The maximum atomic E-state index is 6.40. The quantitative estimate of drug-likeness (QED) is 0.267. The fraction of sp³-hybridized carbons (Fsp3) is 0.0690. The molecule has 0 unspecified atom stereocenters. The largest absolute Gasteiger partial charge is 0.424 e. The van der Waals surface area contributed by atoms with E-state index in [0.717, 1.165) is 54.6 Å². The van der Waals surface area contributed by atoms with E-state index in [2.05, 4.69) is 60.3 Å². The van der Waals surface area contributed by atoms with Crippen molar-refractivity contribution in [2.75, 3.05) is 5.73 Å². The first kappa shape index (κ1) is 23.5. The molecule has 0 radical (unpaired) electrons. The summed E-state index contributed by atoms with van der Waals surface area (Å²) in [5, 5.41) is 1.71. The second-order valence-electron chi connectivity index (χ2n) is 8.69. The molecule has 4 aromatic heterocycles.